The van der Waals surface area contributed by atoms with Gasteiger partial charge in [0, 0.05) is 40.2 Å². The number of imidazole rings is 1. The molecule has 4 aromatic rings. The first-order valence-electron chi connectivity index (χ1n) is 9.81. The van der Waals surface area contributed by atoms with Crippen LogP contribution in [0.4, 0.5) is 0 Å². The van der Waals surface area contributed by atoms with Gasteiger partial charge in [-0.3, -0.25) is 4.79 Å². The molecule has 152 valence electrons. The van der Waals surface area contributed by atoms with Crippen molar-refractivity contribution in [3.63, 3.8) is 0 Å². The van der Waals surface area contributed by atoms with E-state index in [1.54, 1.807) is 23.5 Å². The summed E-state index contributed by atoms with van der Waals surface area (Å²) in [6.07, 6.45) is 4.03. The number of thioether (sulfide) groups is 2. The van der Waals surface area contributed by atoms with Crippen LogP contribution in [0.1, 0.15) is 21.6 Å². The van der Waals surface area contributed by atoms with Crippen LogP contribution in [-0.2, 0) is 5.75 Å². The maximum Gasteiger partial charge on any atom is 0.252 e. The number of benzene rings is 2. The Morgan fingerprint density at radius 1 is 1.00 bits per heavy atom. The average Bonchev–Trinajstić information content (AvgIpc) is 3.19. The molecule has 0 aliphatic rings. The standard InChI is InChI=1S/C24H23N3OS2/c1-18-9-11-20(12-10-18)29-15-13-25-24(28)21-6-2-3-7-22(21)30-17-19-16-27-14-5-4-8-23(27)26-19/h2-12,14,16H,13,15,17H2,1H3,(H,25,28). The van der Waals surface area contributed by atoms with Crippen molar-refractivity contribution in [3.8, 4) is 0 Å². The Morgan fingerprint density at radius 3 is 2.63 bits per heavy atom. The molecule has 0 radical (unpaired) electrons. The van der Waals surface area contributed by atoms with Crippen LogP contribution in [0.2, 0.25) is 0 Å². The monoisotopic (exact) mass is 433 g/mol. The number of hydrogen-bond donors (Lipinski definition) is 1. The number of aryl methyl sites for hydroxylation is 1. The van der Waals surface area contributed by atoms with Crippen molar-refractivity contribution in [2.24, 2.45) is 0 Å². The molecule has 1 N–H and O–H groups in total. The van der Waals surface area contributed by atoms with Crippen molar-refractivity contribution in [2.75, 3.05) is 12.3 Å². The summed E-state index contributed by atoms with van der Waals surface area (Å²) in [6.45, 7) is 2.71. The molecule has 0 unspecified atom stereocenters. The molecule has 2 aromatic carbocycles. The fourth-order valence-electron chi connectivity index (χ4n) is 3.05. The number of nitrogens with one attached hydrogen (secondary N) is 1. The highest BCUT2D eigenvalue weighted by Gasteiger charge is 2.12. The number of aromatic nitrogens is 2. The highest BCUT2D eigenvalue weighted by molar-refractivity contribution is 7.99. The normalized spacial score (nSPS) is 11.0. The molecule has 2 aromatic heterocycles. The van der Waals surface area contributed by atoms with Crippen molar-refractivity contribution < 1.29 is 4.79 Å². The molecule has 6 heteroatoms. The fraction of sp³-hybridized carbons (Fsp3) is 0.167. The van der Waals surface area contributed by atoms with E-state index in [1.807, 2.05) is 59.3 Å². The number of nitrogens with zero attached hydrogens (tertiary/aromatic N) is 2. The minimum atomic E-state index is -0.0300. The maximum absolute atomic E-state index is 12.7. The molecule has 30 heavy (non-hydrogen) atoms. The Morgan fingerprint density at radius 2 is 1.80 bits per heavy atom. The first-order chi connectivity index (χ1) is 14.7. The molecule has 2 heterocycles. The number of amides is 1. The van der Waals surface area contributed by atoms with Gasteiger partial charge < -0.3 is 9.72 Å². The van der Waals surface area contributed by atoms with Crippen molar-refractivity contribution in [2.45, 2.75) is 22.5 Å². The number of rotatable bonds is 8. The molecule has 4 nitrogen and oxygen atoms in total. The molecule has 4 rings (SSSR count). The first-order valence-corrected chi connectivity index (χ1v) is 11.8. The maximum atomic E-state index is 12.7. The van der Waals surface area contributed by atoms with E-state index in [-0.39, 0.29) is 5.91 Å². The molecule has 1 amide bonds. The minimum absolute atomic E-state index is 0.0300. The molecular weight excluding hydrogens is 410 g/mol. The lowest BCUT2D eigenvalue weighted by Gasteiger charge is -2.09. The SMILES string of the molecule is Cc1ccc(SCCNC(=O)c2ccccc2SCc2cn3ccccc3n2)cc1. The van der Waals surface area contributed by atoms with Crippen LogP contribution < -0.4 is 5.32 Å². The summed E-state index contributed by atoms with van der Waals surface area (Å²) < 4.78 is 2.01. The molecule has 0 fully saturated rings. The van der Waals surface area contributed by atoms with Crippen LogP contribution in [0.15, 0.2) is 88.9 Å². The topological polar surface area (TPSA) is 46.4 Å². The summed E-state index contributed by atoms with van der Waals surface area (Å²) in [4.78, 5) is 19.5. The largest absolute Gasteiger partial charge is 0.351 e. The van der Waals surface area contributed by atoms with Crippen molar-refractivity contribution in [3.05, 3.63) is 95.9 Å². The second-order valence-corrected chi connectivity index (χ2v) is 9.09. The van der Waals surface area contributed by atoms with Crippen LogP contribution in [-0.4, -0.2) is 27.6 Å². The van der Waals surface area contributed by atoms with Crippen molar-refractivity contribution >= 4 is 35.1 Å². The minimum Gasteiger partial charge on any atom is -0.351 e. The quantitative estimate of drug-likeness (QED) is 0.296. The summed E-state index contributed by atoms with van der Waals surface area (Å²) in [5.74, 6) is 1.53. The van der Waals surface area contributed by atoms with Crippen LogP contribution >= 0.6 is 23.5 Å². The van der Waals surface area contributed by atoms with Crippen LogP contribution in [0, 0.1) is 6.92 Å². The van der Waals surface area contributed by atoms with Gasteiger partial charge in [-0.25, -0.2) is 4.98 Å². The zero-order valence-electron chi connectivity index (χ0n) is 16.7. The Balaban J connectivity index is 1.32. The summed E-state index contributed by atoms with van der Waals surface area (Å²) >= 11 is 3.39. The molecule has 0 aliphatic heterocycles. The van der Waals surface area contributed by atoms with Gasteiger partial charge >= 0.3 is 0 Å². The van der Waals surface area contributed by atoms with E-state index < -0.39 is 0 Å². The summed E-state index contributed by atoms with van der Waals surface area (Å²) in [5.41, 5.74) is 3.90. The van der Waals surface area contributed by atoms with Crippen LogP contribution in [0.3, 0.4) is 0 Å². The Bertz CT molecular complexity index is 1110. The van der Waals surface area contributed by atoms with Gasteiger partial charge in [0.1, 0.15) is 5.65 Å². The summed E-state index contributed by atoms with van der Waals surface area (Å²) in [7, 11) is 0. The summed E-state index contributed by atoms with van der Waals surface area (Å²) in [5, 5.41) is 3.05. The number of carbonyl (C=O) groups excluding carboxylic acids is 1. The number of carbonyl (C=O) groups is 1. The fourth-order valence-corrected chi connectivity index (χ4v) is 4.75. The van der Waals surface area contributed by atoms with Gasteiger partial charge in [-0.15, -0.1) is 23.5 Å². The van der Waals surface area contributed by atoms with E-state index in [1.165, 1.54) is 10.5 Å². The smallest absolute Gasteiger partial charge is 0.252 e. The van der Waals surface area contributed by atoms with Crippen molar-refractivity contribution in [1.29, 1.82) is 0 Å². The number of pyridine rings is 1. The van der Waals surface area contributed by atoms with E-state index in [0.717, 1.165) is 27.7 Å². The molecule has 0 aliphatic carbocycles. The number of hydrogen-bond acceptors (Lipinski definition) is 4. The van der Waals surface area contributed by atoms with Gasteiger partial charge in [0.15, 0.2) is 0 Å². The molecule has 0 saturated carbocycles. The lowest BCUT2D eigenvalue weighted by atomic mass is 10.2. The third-order valence-electron chi connectivity index (χ3n) is 4.60. The lowest BCUT2D eigenvalue weighted by molar-refractivity contribution is 0.0953. The lowest BCUT2D eigenvalue weighted by Crippen LogP contribution is -2.26. The zero-order chi connectivity index (χ0) is 20.8. The first kappa shape index (κ1) is 20.6. The Kier molecular flexibility index (Phi) is 6.77. The van der Waals surface area contributed by atoms with E-state index in [2.05, 4.69) is 41.5 Å². The third kappa shape index (κ3) is 5.26. The highest BCUT2D eigenvalue weighted by Crippen LogP contribution is 2.26. The highest BCUT2D eigenvalue weighted by atomic mass is 32.2. The molecule has 0 atom stereocenters. The molecule has 0 saturated heterocycles. The van der Waals surface area contributed by atoms with Crippen LogP contribution in [0.25, 0.3) is 5.65 Å². The van der Waals surface area contributed by atoms with Gasteiger partial charge in [0.05, 0.1) is 11.3 Å². The van der Waals surface area contributed by atoms with Gasteiger partial charge in [0.25, 0.3) is 5.91 Å². The van der Waals surface area contributed by atoms with Gasteiger partial charge in [-0.2, -0.15) is 0 Å². The second kappa shape index (κ2) is 9.87. The van der Waals surface area contributed by atoms with E-state index >= 15 is 0 Å². The Labute approximate surface area is 185 Å². The molecular formula is C24H23N3OS2. The van der Waals surface area contributed by atoms with E-state index in [9.17, 15) is 4.79 Å². The molecule has 0 spiro atoms. The zero-order valence-corrected chi connectivity index (χ0v) is 18.4. The predicted molar refractivity (Wildman–Crippen MR) is 125 cm³/mol. The van der Waals surface area contributed by atoms with Gasteiger partial charge in [-0.1, -0.05) is 35.9 Å². The Hall–Kier alpha value is -2.70. The van der Waals surface area contributed by atoms with Crippen LogP contribution in [0.5, 0.6) is 0 Å². The molecule has 0 bridgehead atoms. The predicted octanol–water partition coefficient (Wildman–Crippen LogP) is 5.46. The summed E-state index contributed by atoms with van der Waals surface area (Å²) in [6, 6.07) is 22.2. The second-order valence-electron chi connectivity index (χ2n) is 6.90. The van der Waals surface area contributed by atoms with E-state index in [4.69, 9.17) is 0 Å². The third-order valence-corrected chi connectivity index (χ3v) is 6.72. The van der Waals surface area contributed by atoms with Crippen molar-refractivity contribution in [1.82, 2.24) is 14.7 Å². The number of fused-ring (bicyclic) bond motifs is 1. The van der Waals surface area contributed by atoms with Gasteiger partial charge in [-0.05, 0) is 43.3 Å². The van der Waals surface area contributed by atoms with E-state index in [0.29, 0.717) is 12.1 Å². The van der Waals surface area contributed by atoms with Gasteiger partial charge in [0.2, 0.25) is 0 Å². The average molecular weight is 434 g/mol.